The van der Waals surface area contributed by atoms with Crippen LogP contribution in [0.1, 0.15) is 28.4 Å². The minimum Gasteiger partial charge on any atom is -0.493 e. The van der Waals surface area contributed by atoms with Crippen LogP contribution in [0.3, 0.4) is 0 Å². The zero-order chi connectivity index (χ0) is 14.7. The van der Waals surface area contributed by atoms with Gasteiger partial charge in [-0.05, 0) is 36.2 Å². The molecule has 0 unspecified atom stereocenters. The van der Waals surface area contributed by atoms with E-state index in [1.165, 1.54) is 11.9 Å². The van der Waals surface area contributed by atoms with Gasteiger partial charge in [0.2, 0.25) is 0 Å². The van der Waals surface area contributed by atoms with Crippen molar-refractivity contribution in [3.63, 3.8) is 0 Å². The standard InChI is InChI=1S/C15H15N3O2S/c16-13-5-8-20-14-9-10(1-2-12(13)14)15(19)18-21-11-3-6-17-7-4-11/h1-4,6-7,9,13H,5,8,16H2,(H,18,19)/t13-/m0/s1. The third-order valence-corrected chi connectivity index (χ3v) is 4.07. The predicted molar refractivity (Wildman–Crippen MR) is 81.0 cm³/mol. The molecule has 0 aliphatic carbocycles. The van der Waals surface area contributed by atoms with E-state index in [4.69, 9.17) is 10.5 Å². The molecule has 0 radical (unpaired) electrons. The summed E-state index contributed by atoms with van der Waals surface area (Å²) in [4.78, 5) is 17.0. The highest BCUT2D eigenvalue weighted by molar-refractivity contribution is 7.98. The molecule has 5 nitrogen and oxygen atoms in total. The van der Waals surface area contributed by atoms with Crippen LogP contribution in [0.25, 0.3) is 0 Å². The normalized spacial score (nSPS) is 16.7. The summed E-state index contributed by atoms with van der Waals surface area (Å²) in [7, 11) is 0. The van der Waals surface area contributed by atoms with Crippen LogP contribution in [0.5, 0.6) is 5.75 Å². The number of aromatic nitrogens is 1. The Morgan fingerprint density at radius 3 is 2.95 bits per heavy atom. The lowest BCUT2D eigenvalue weighted by atomic mass is 9.99. The molecule has 0 spiro atoms. The Morgan fingerprint density at radius 1 is 1.33 bits per heavy atom. The van der Waals surface area contributed by atoms with E-state index in [1.807, 2.05) is 18.2 Å². The van der Waals surface area contributed by atoms with Crippen molar-refractivity contribution in [3.8, 4) is 5.75 Å². The van der Waals surface area contributed by atoms with Crippen molar-refractivity contribution in [2.75, 3.05) is 6.61 Å². The number of nitrogens with one attached hydrogen (secondary N) is 1. The predicted octanol–water partition coefficient (Wildman–Crippen LogP) is 2.30. The fourth-order valence-electron chi connectivity index (χ4n) is 2.13. The average Bonchev–Trinajstić information content (AvgIpc) is 2.53. The number of rotatable bonds is 3. The zero-order valence-electron chi connectivity index (χ0n) is 11.3. The maximum Gasteiger partial charge on any atom is 0.261 e. The van der Waals surface area contributed by atoms with E-state index in [1.54, 1.807) is 24.5 Å². The van der Waals surface area contributed by atoms with E-state index in [0.717, 1.165) is 16.9 Å². The summed E-state index contributed by atoms with van der Waals surface area (Å²) in [5.41, 5.74) is 7.53. The van der Waals surface area contributed by atoms with Crippen LogP contribution in [0.15, 0.2) is 47.6 Å². The largest absolute Gasteiger partial charge is 0.493 e. The number of hydrogen-bond donors (Lipinski definition) is 2. The third-order valence-electron chi connectivity index (χ3n) is 3.27. The molecule has 1 aliphatic heterocycles. The minimum absolute atomic E-state index is 0.0166. The lowest BCUT2D eigenvalue weighted by molar-refractivity contribution is 0.0983. The van der Waals surface area contributed by atoms with Crippen molar-refractivity contribution in [1.29, 1.82) is 0 Å². The van der Waals surface area contributed by atoms with E-state index in [2.05, 4.69) is 9.71 Å². The molecule has 0 saturated carbocycles. The first-order chi connectivity index (χ1) is 10.2. The van der Waals surface area contributed by atoms with Gasteiger partial charge < -0.3 is 10.5 Å². The fraction of sp³-hybridized carbons (Fsp3) is 0.200. The number of ether oxygens (including phenoxy) is 1. The van der Waals surface area contributed by atoms with E-state index in [9.17, 15) is 4.79 Å². The summed E-state index contributed by atoms with van der Waals surface area (Å²) >= 11 is 1.26. The Morgan fingerprint density at radius 2 is 2.14 bits per heavy atom. The van der Waals surface area contributed by atoms with Gasteiger partial charge in [-0.25, -0.2) is 0 Å². The molecule has 21 heavy (non-hydrogen) atoms. The molecule has 108 valence electrons. The molecule has 1 amide bonds. The molecule has 6 heteroatoms. The summed E-state index contributed by atoms with van der Waals surface area (Å²) < 4.78 is 8.37. The summed E-state index contributed by atoms with van der Waals surface area (Å²) in [6.07, 6.45) is 4.17. The molecule has 3 rings (SSSR count). The lowest BCUT2D eigenvalue weighted by Crippen LogP contribution is -2.22. The van der Waals surface area contributed by atoms with Crippen LogP contribution in [0.4, 0.5) is 0 Å². The van der Waals surface area contributed by atoms with Gasteiger partial charge in [0.05, 0.1) is 6.61 Å². The van der Waals surface area contributed by atoms with Crippen molar-refractivity contribution >= 4 is 17.9 Å². The highest BCUT2D eigenvalue weighted by Crippen LogP contribution is 2.31. The van der Waals surface area contributed by atoms with Crippen LogP contribution < -0.4 is 15.2 Å². The SMILES string of the molecule is N[C@H]1CCOc2cc(C(=O)NSc3ccncc3)ccc21. The maximum absolute atomic E-state index is 12.2. The zero-order valence-corrected chi connectivity index (χ0v) is 12.1. The number of fused-ring (bicyclic) bond motifs is 1. The molecule has 2 aromatic rings. The van der Waals surface area contributed by atoms with Gasteiger partial charge in [0.15, 0.2) is 0 Å². The van der Waals surface area contributed by atoms with Crippen LogP contribution >= 0.6 is 11.9 Å². The second kappa shape index (κ2) is 6.15. The first-order valence-electron chi connectivity index (χ1n) is 6.63. The first-order valence-corrected chi connectivity index (χ1v) is 7.45. The number of benzene rings is 1. The summed E-state index contributed by atoms with van der Waals surface area (Å²) in [5.74, 6) is 0.540. The van der Waals surface area contributed by atoms with Gasteiger partial charge in [0.25, 0.3) is 5.91 Å². The van der Waals surface area contributed by atoms with Crippen LogP contribution in [-0.2, 0) is 0 Å². The molecule has 1 aromatic heterocycles. The summed E-state index contributed by atoms with van der Waals surface area (Å²) in [6, 6.07) is 9.04. The second-order valence-corrected chi connectivity index (χ2v) is 5.59. The molecular weight excluding hydrogens is 286 g/mol. The topological polar surface area (TPSA) is 77.2 Å². The molecule has 3 N–H and O–H groups in total. The smallest absolute Gasteiger partial charge is 0.261 e. The highest BCUT2D eigenvalue weighted by atomic mass is 32.2. The van der Waals surface area contributed by atoms with Gasteiger partial charge in [-0.2, -0.15) is 0 Å². The number of carbonyl (C=O) groups is 1. The number of nitrogens with two attached hydrogens (primary N) is 1. The quantitative estimate of drug-likeness (QED) is 0.851. The average molecular weight is 301 g/mol. The maximum atomic E-state index is 12.2. The van der Waals surface area contributed by atoms with Crippen LogP contribution in [0, 0.1) is 0 Å². The van der Waals surface area contributed by atoms with Crippen molar-refractivity contribution in [1.82, 2.24) is 9.71 Å². The first kappa shape index (κ1) is 13.9. The van der Waals surface area contributed by atoms with Crippen molar-refractivity contribution < 1.29 is 9.53 Å². The second-order valence-electron chi connectivity index (χ2n) is 4.71. The molecule has 0 bridgehead atoms. The molecule has 2 heterocycles. The Kier molecular flexibility index (Phi) is 4.08. The lowest BCUT2D eigenvalue weighted by Gasteiger charge is -2.23. The van der Waals surface area contributed by atoms with Gasteiger partial charge in [0, 0.05) is 40.9 Å². The summed E-state index contributed by atoms with van der Waals surface area (Å²) in [6.45, 7) is 0.588. The van der Waals surface area contributed by atoms with Gasteiger partial charge in [-0.1, -0.05) is 6.07 Å². The van der Waals surface area contributed by atoms with Gasteiger partial charge in [-0.3, -0.25) is 14.5 Å². The number of carbonyl (C=O) groups excluding carboxylic acids is 1. The fourth-order valence-corrected chi connectivity index (χ4v) is 2.71. The molecule has 1 atom stereocenters. The van der Waals surface area contributed by atoms with Crippen LogP contribution in [0.2, 0.25) is 0 Å². The number of pyridine rings is 1. The van der Waals surface area contributed by atoms with E-state index < -0.39 is 0 Å². The van der Waals surface area contributed by atoms with Gasteiger partial charge in [-0.15, -0.1) is 0 Å². The van der Waals surface area contributed by atoms with Gasteiger partial charge in [0.1, 0.15) is 5.75 Å². The van der Waals surface area contributed by atoms with E-state index in [0.29, 0.717) is 17.9 Å². The molecular formula is C15H15N3O2S. The Balaban J connectivity index is 1.70. The van der Waals surface area contributed by atoms with E-state index >= 15 is 0 Å². The van der Waals surface area contributed by atoms with Crippen molar-refractivity contribution in [3.05, 3.63) is 53.9 Å². The number of hydrogen-bond acceptors (Lipinski definition) is 5. The van der Waals surface area contributed by atoms with Crippen molar-refractivity contribution in [2.24, 2.45) is 5.73 Å². The third kappa shape index (κ3) is 3.17. The molecule has 0 saturated heterocycles. The Labute approximate surface area is 127 Å². The van der Waals surface area contributed by atoms with Gasteiger partial charge >= 0.3 is 0 Å². The number of nitrogens with zero attached hydrogens (tertiary/aromatic N) is 1. The monoisotopic (exact) mass is 301 g/mol. The highest BCUT2D eigenvalue weighted by Gasteiger charge is 2.19. The van der Waals surface area contributed by atoms with Crippen LogP contribution in [-0.4, -0.2) is 17.5 Å². The Bertz CT molecular complexity index is 649. The van der Waals surface area contributed by atoms with Crippen molar-refractivity contribution in [2.45, 2.75) is 17.4 Å². The molecule has 1 aliphatic rings. The molecule has 1 aromatic carbocycles. The number of amides is 1. The summed E-state index contributed by atoms with van der Waals surface area (Å²) in [5, 5.41) is 0. The minimum atomic E-state index is -0.164. The van der Waals surface area contributed by atoms with E-state index in [-0.39, 0.29) is 11.9 Å². The molecule has 0 fully saturated rings. The Hall–Kier alpha value is -2.05.